The molecule has 0 spiro atoms. The molecule has 0 aliphatic heterocycles. The highest BCUT2D eigenvalue weighted by molar-refractivity contribution is 6.12. The van der Waals surface area contributed by atoms with Gasteiger partial charge in [-0.3, -0.25) is 9.89 Å². The first-order chi connectivity index (χ1) is 14.1. The van der Waals surface area contributed by atoms with Crippen LogP contribution in [0.3, 0.4) is 0 Å². The van der Waals surface area contributed by atoms with Crippen LogP contribution in [0, 0.1) is 17.1 Å². The lowest BCUT2D eigenvalue weighted by atomic mass is 9.96. The maximum atomic E-state index is 13.6. The van der Waals surface area contributed by atoms with E-state index >= 15 is 0 Å². The van der Waals surface area contributed by atoms with Crippen molar-refractivity contribution in [1.82, 2.24) is 0 Å². The summed E-state index contributed by atoms with van der Waals surface area (Å²) < 4.78 is 59.1. The maximum Gasteiger partial charge on any atom is 0.420 e. The van der Waals surface area contributed by atoms with Crippen LogP contribution in [0.25, 0.3) is 5.57 Å². The number of carbonyl (C=O) groups is 1. The Bertz CT molecular complexity index is 1040. The van der Waals surface area contributed by atoms with Gasteiger partial charge in [-0.15, -0.1) is 0 Å². The average molecular weight is 420 g/mol. The Morgan fingerprint density at radius 2 is 1.87 bits per heavy atom. The Balaban J connectivity index is 2.64. The number of alkyl halides is 3. The second kappa shape index (κ2) is 9.09. The summed E-state index contributed by atoms with van der Waals surface area (Å²) >= 11 is 0. The standard InChI is InChI=1S/C20H16F4N4O2/c1-27-11-13(10-26)17-12(9-25)3-8-16(20(22,23)24)18(17)30-19(29)28(2)15-6-4-14(21)5-7-15/h3-8,10-11H,26H2,1-2H3/b13-10+,27-11?. The number of ether oxygens (including phenoxy) is 1. The summed E-state index contributed by atoms with van der Waals surface area (Å²) in [5.41, 5.74) is 3.83. The van der Waals surface area contributed by atoms with Crippen LogP contribution in [0.2, 0.25) is 0 Å². The number of rotatable bonds is 4. The highest BCUT2D eigenvalue weighted by atomic mass is 19.4. The Hall–Kier alpha value is -3.87. The molecule has 0 saturated carbocycles. The molecule has 0 atom stereocenters. The second-order valence-electron chi connectivity index (χ2n) is 5.89. The Kier molecular flexibility index (Phi) is 6.79. The molecule has 6 nitrogen and oxygen atoms in total. The number of nitriles is 1. The highest BCUT2D eigenvalue weighted by Crippen LogP contribution is 2.42. The number of nitrogens with two attached hydrogens (primary N) is 1. The Labute approximate surface area is 169 Å². The minimum atomic E-state index is -4.89. The molecule has 0 fully saturated rings. The quantitative estimate of drug-likeness (QED) is 0.588. The van der Waals surface area contributed by atoms with Gasteiger partial charge in [0.05, 0.1) is 17.2 Å². The van der Waals surface area contributed by atoms with E-state index in [9.17, 15) is 27.6 Å². The zero-order valence-electron chi connectivity index (χ0n) is 15.9. The number of hydrogen-bond acceptors (Lipinski definition) is 5. The molecular weight excluding hydrogens is 404 g/mol. The van der Waals surface area contributed by atoms with Gasteiger partial charge in [0.25, 0.3) is 0 Å². The molecule has 0 aliphatic rings. The fourth-order valence-electron chi connectivity index (χ4n) is 2.55. The van der Waals surface area contributed by atoms with E-state index in [1.165, 1.54) is 26.2 Å². The molecular formula is C20H16F4N4O2. The van der Waals surface area contributed by atoms with Gasteiger partial charge >= 0.3 is 12.3 Å². The molecule has 0 radical (unpaired) electrons. The lowest BCUT2D eigenvalue weighted by molar-refractivity contribution is -0.138. The molecule has 2 N–H and O–H groups in total. The van der Waals surface area contributed by atoms with Gasteiger partial charge in [-0.05, 0) is 36.4 Å². The number of amides is 1. The van der Waals surface area contributed by atoms with E-state index in [0.717, 1.165) is 35.5 Å². The summed E-state index contributed by atoms with van der Waals surface area (Å²) in [5.74, 6) is -1.45. The van der Waals surface area contributed by atoms with Gasteiger partial charge in [0, 0.05) is 43.3 Å². The van der Waals surface area contributed by atoms with Crippen LogP contribution in [0.15, 0.2) is 47.6 Å². The summed E-state index contributed by atoms with van der Waals surface area (Å²) in [5, 5.41) is 9.37. The van der Waals surface area contributed by atoms with Crippen molar-refractivity contribution >= 4 is 23.6 Å². The van der Waals surface area contributed by atoms with Crippen molar-refractivity contribution in [1.29, 1.82) is 5.26 Å². The van der Waals surface area contributed by atoms with Gasteiger partial charge in [0.1, 0.15) is 5.82 Å². The summed E-state index contributed by atoms with van der Waals surface area (Å²) in [4.78, 5) is 17.2. The smallest absolute Gasteiger partial charge is 0.409 e. The molecule has 0 unspecified atom stereocenters. The average Bonchev–Trinajstić information content (AvgIpc) is 2.71. The Morgan fingerprint density at radius 3 is 2.37 bits per heavy atom. The molecule has 1 amide bonds. The van der Waals surface area contributed by atoms with Crippen molar-refractivity contribution in [2.75, 3.05) is 19.0 Å². The molecule has 0 aliphatic carbocycles. The molecule has 30 heavy (non-hydrogen) atoms. The maximum absolute atomic E-state index is 13.6. The van der Waals surface area contributed by atoms with Gasteiger partial charge in [-0.25, -0.2) is 9.18 Å². The third-order valence-corrected chi connectivity index (χ3v) is 4.00. The van der Waals surface area contributed by atoms with Crippen molar-refractivity contribution in [2.45, 2.75) is 6.18 Å². The SMILES string of the molecule is CN=C/C(=C\N)c1c(C#N)ccc(C(F)(F)F)c1OC(=O)N(C)c1ccc(F)cc1. The van der Waals surface area contributed by atoms with Crippen LogP contribution in [0.5, 0.6) is 5.75 Å². The molecule has 2 aromatic rings. The van der Waals surface area contributed by atoms with Crippen LogP contribution < -0.4 is 15.4 Å². The molecule has 0 heterocycles. The van der Waals surface area contributed by atoms with E-state index in [1.807, 2.05) is 0 Å². The molecule has 0 aromatic heterocycles. The van der Waals surface area contributed by atoms with Gasteiger partial charge in [0.2, 0.25) is 0 Å². The number of nitrogens with zero attached hydrogens (tertiary/aromatic N) is 3. The lowest BCUT2D eigenvalue weighted by Gasteiger charge is -2.21. The van der Waals surface area contributed by atoms with E-state index in [1.54, 1.807) is 6.07 Å². The summed E-state index contributed by atoms with van der Waals surface area (Å²) in [7, 11) is 2.60. The summed E-state index contributed by atoms with van der Waals surface area (Å²) in [6, 6.07) is 8.01. The number of carbonyl (C=O) groups excluding carboxylic acids is 1. The zero-order valence-corrected chi connectivity index (χ0v) is 15.9. The zero-order chi connectivity index (χ0) is 22.5. The largest absolute Gasteiger partial charge is 0.420 e. The van der Waals surface area contributed by atoms with Crippen LogP contribution in [0.4, 0.5) is 28.0 Å². The predicted molar refractivity (Wildman–Crippen MR) is 104 cm³/mol. The minimum absolute atomic E-state index is 0.0487. The van der Waals surface area contributed by atoms with Crippen molar-refractivity contribution in [3.05, 3.63) is 65.1 Å². The summed E-state index contributed by atoms with van der Waals surface area (Å²) in [6.45, 7) is 0. The molecule has 2 aromatic carbocycles. The molecule has 0 saturated heterocycles. The topological polar surface area (TPSA) is 91.7 Å². The van der Waals surface area contributed by atoms with Gasteiger partial charge in [-0.1, -0.05) is 0 Å². The molecule has 156 valence electrons. The fourth-order valence-corrected chi connectivity index (χ4v) is 2.55. The first-order valence-corrected chi connectivity index (χ1v) is 8.33. The number of halogens is 4. The van der Waals surface area contributed by atoms with E-state index in [-0.39, 0.29) is 22.4 Å². The number of hydrogen-bond donors (Lipinski definition) is 1. The number of aliphatic imine (C=N–C) groups is 1. The van der Waals surface area contributed by atoms with Gasteiger partial charge in [0.15, 0.2) is 5.75 Å². The fraction of sp³-hybridized carbons (Fsp3) is 0.150. The molecule has 10 heteroatoms. The van der Waals surface area contributed by atoms with Crippen molar-refractivity contribution in [2.24, 2.45) is 10.7 Å². The van der Waals surface area contributed by atoms with E-state index in [2.05, 4.69) is 4.99 Å². The van der Waals surface area contributed by atoms with Gasteiger partial charge in [-0.2, -0.15) is 18.4 Å². The van der Waals surface area contributed by atoms with Crippen LogP contribution in [-0.2, 0) is 6.18 Å². The predicted octanol–water partition coefficient (Wildman–Crippen LogP) is 4.35. The van der Waals surface area contributed by atoms with Crippen molar-refractivity contribution in [3.8, 4) is 11.8 Å². The van der Waals surface area contributed by atoms with E-state index in [4.69, 9.17) is 10.5 Å². The molecule has 2 rings (SSSR count). The first kappa shape index (κ1) is 22.4. The normalized spacial score (nSPS) is 12.0. The number of anilines is 1. The van der Waals surface area contributed by atoms with Crippen LogP contribution in [-0.4, -0.2) is 26.4 Å². The highest BCUT2D eigenvalue weighted by Gasteiger charge is 2.38. The summed E-state index contributed by atoms with van der Waals surface area (Å²) in [6.07, 6.45) is -3.99. The number of allylic oxidation sites excluding steroid dienone is 1. The molecule has 0 bridgehead atoms. The monoisotopic (exact) mass is 420 g/mol. The van der Waals surface area contributed by atoms with Crippen LogP contribution >= 0.6 is 0 Å². The van der Waals surface area contributed by atoms with E-state index in [0.29, 0.717) is 6.07 Å². The number of benzene rings is 2. The van der Waals surface area contributed by atoms with E-state index < -0.39 is 29.4 Å². The lowest BCUT2D eigenvalue weighted by Crippen LogP contribution is -2.30. The van der Waals surface area contributed by atoms with Crippen molar-refractivity contribution in [3.63, 3.8) is 0 Å². The van der Waals surface area contributed by atoms with Gasteiger partial charge < -0.3 is 10.5 Å². The Morgan fingerprint density at radius 1 is 1.23 bits per heavy atom. The first-order valence-electron chi connectivity index (χ1n) is 8.33. The third kappa shape index (κ3) is 4.75. The third-order valence-electron chi connectivity index (χ3n) is 4.00. The van der Waals surface area contributed by atoms with Crippen molar-refractivity contribution < 1.29 is 27.1 Å². The van der Waals surface area contributed by atoms with Crippen LogP contribution in [0.1, 0.15) is 16.7 Å². The minimum Gasteiger partial charge on any atom is -0.409 e. The second-order valence-corrected chi connectivity index (χ2v) is 5.89.